The molecule has 0 aromatic heterocycles. The summed E-state index contributed by atoms with van der Waals surface area (Å²) >= 11 is 3.27. The number of hydrogen-bond acceptors (Lipinski definition) is 3. The average molecular weight is 286 g/mol. The first-order valence-corrected chi connectivity index (χ1v) is 7.39. The van der Waals surface area contributed by atoms with E-state index in [1.807, 2.05) is 6.92 Å². The van der Waals surface area contributed by atoms with E-state index in [1.165, 1.54) is 6.92 Å². The monoisotopic (exact) mass is 285 g/mol. The molecule has 1 amide bonds. The minimum atomic E-state index is -3.28. The van der Waals surface area contributed by atoms with Crippen LogP contribution in [0.25, 0.3) is 0 Å². The number of nitrogens with one attached hydrogen (secondary N) is 1. The summed E-state index contributed by atoms with van der Waals surface area (Å²) in [6, 6.07) is 0. The highest BCUT2D eigenvalue weighted by Crippen LogP contribution is 2.00. The summed E-state index contributed by atoms with van der Waals surface area (Å²) in [5.74, 6) is -0.133. The Bertz CT molecular complexity index is 289. The number of halogens is 1. The van der Waals surface area contributed by atoms with Crippen molar-refractivity contribution in [3.63, 3.8) is 0 Å². The first kappa shape index (κ1) is 13.9. The van der Waals surface area contributed by atoms with Gasteiger partial charge in [0.15, 0.2) is 9.84 Å². The summed E-state index contributed by atoms with van der Waals surface area (Å²) in [5, 5.41) is 2.40. The van der Waals surface area contributed by atoms with Gasteiger partial charge in [0.05, 0.1) is 0 Å². The zero-order valence-corrected chi connectivity index (χ0v) is 11.0. The first-order chi connectivity index (χ1) is 6.29. The number of alkyl halides is 1. The molecule has 0 heterocycles. The van der Waals surface area contributed by atoms with E-state index in [1.54, 1.807) is 0 Å². The Morgan fingerprint density at radius 3 is 2.29 bits per heavy atom. The van der Waals surface area contributed by atoms with Gasteiger partial charge in [-0.2, -0.15) is 0 Å². The van der Waals surface area contributed by atoms with Crippen LogP contribution in [0.2, 0.25) is 0 Å². The number of hydrogen-bond donors (Lipinski definition) is 1. The molecule has 2 unspecified atom stereocenters. The highest BCUT2D eigenvalue weighted by atomic mass is 79.9. The van der Waals surface area contributed by atoms with Gasteiger partial charge in [-0.05, 0) is 12.8 Å². The maximum absolute atomic E-state index is 11.3. The first-order valence-electron chi connectivity index (χ1n) is 4.31. The molecule has 14 heavy (non-hydrogen) atoms. The van der Waals surface area contributed by atoms with Crippen LogP contribution >= 0.6 is 15.9 Å². The van der Waals surface area contributed by atoms with Gasteiger partial charge in [0.25, 0.3) is 0 Å². The molecule has 0 bridgehead atoms. The number of carbonyl (C=O) groups excluding carboxylic acids is 1. The third-order valence-corrected chi connectivity index (χ3v) is 4.50. The molecular formula is C8H16BrNO3S. The highest BCUT2D eigenvalue weighted by molar-refractivity contribution is 9.09. The molecule has 1 N–H and O–H groups in total. The molecule has 0 aromatic carbocycles. The number of amides is 1. The molecule has 0 saturated heterocycles. The molecule has 0 spiro atoms. The Labute approximate surface area is 93.5 Å². The normalized spacial score (nSPS) is 16.0. The van der Waals surface area contributed by atoms with Crippen molar-refractivity contribution in [1.82, 2.24) is 5.32 Å². The van der Waals surface area contributed by atoms with E-state index in [4.69, 9.17) is 0 Å². The second kappa shape index (κ2) is 5.70. The van der Waals surface area contributed by atoms with Crippen LogP contribution in [0.1, 0.15) is 13.8 Å². The van der Waals surface area contributed by atoms with Crippen LogP contribution in [0.4, 0.5) is 0 Å². The lowest BCUT2D eigenvalue weighted by Gasteiger charge is -2.12. The summed E-state index contributed by atoms with van der Waals surface area (Å²) in [6.07, 6.45) is 1.06. The van der Waals surface area contributed by atoms with E-state index >= 15 is 0 Å². The third-order valence-electron chi connectivity index (χ3n) is 1.90. The van der Waals surface area contributed by atoms with Crippen LogP contribution in [0.5, 0.6) is 0 Å². The maximum atomic E-state index is 11.3. The summed E-state index contributed by atoms with van der Waals surface area (Å²) in [7, 11) is -3.28. The second-order valence-corrected chi connectivity index (χ2v) is 6.49. The zero-order valence-electron chi connectivity index (χ0n) is 8.58. The van der Waals surface area contributed by atoms with Gasteiger partial charge in [0, 0.05) is 18.1 Å². The predicted molar refractivity (Wildman–Crippen MR) is 60.3 cm³/mol. The van der Waals surface area contributed by atoms with Crippen LogP contribution in [0.15, 0.2) is 0 Å². The molecule has 2 atom stereocenters. The van der Waals surface area contributed by atoms with E-state index in [0.717, 1.165) is 11.6 Å². The van der Waals surface area contributed by atoms with Gasteiger partial charge in [0.1, 0.15) is 5.25 Å². The quantitative estimate of drug-likeness (QED) is 0.751. The largest absolute Gasteiger partial charge is 0.355 e. The lowest BCUT2D eigenvalue weighted by atomic mass is 10.2. The number of sulfone groups is 1. The topological polar surface area (TPSA) is 63.2 Å². The van der Waals surface area contributed by atoms with Crippen molar-refractivity contribution in [2.75, 3.05) is 18.1 Å². The van der Waals surface area contributed by atoms with Crippen LogP contribution in [0.3, 0.4) is 0 Å². The fourth-order valence-corrected chi connectivity index (χ4v) is 1.37. The van der Waals surface area contributed by atoms with Gasteiger partial charge in [-0.15, -0.1) is 0 Å². The van der Waals surface area contributed by atoms with Crippen molar-refractivity contribution in [2.24, 2.45) is 5.92 Å². The molecule has 0 aliphatic heterocycles. The fraction of sp³-hybridized carbons (Fsp3) is 0.875. The SMILES string of the molecule is CC(CBr)CNC(=O)C(C)S(C)(=O)=O. The molecule has 0 aliphatic rings. The molecule has 0 radical (unpaired) electrons. The van der Waals surface area contributed by atoms with Gasteiger partial charge in [-0.1, -0.05) is 22.9 Å². The summed E-state index contributed by atoms with van der Waals surface area (Å²) in [4.78, 5) is 11.3. The zero-order chi connectivity index (χ0) is 11.4. The Morgan fingerprint density at radius 1 is 1.43 bits per heavy atom. The molecule has 0 aromatic rings. The standard InChI is InChI=1S/C8H16BrNO3S/c1-6(4-9)5-10-8(11)7(2)14(3,12)13/h6-7H,4-5H2,1-3H3,(H,10,11). The van der Waals surface area contributed by atoms with Crippen molar-refractivity contribution in [3.8, 4) is 0 Å². The molecule has 0 rings (SSSR count). The highest BCUT2D eigenvalue weighted by Gasteiger charge is 2.23. The summed E-state index contributed by atoms with van der Waals surface area (Å²) < 4.78 is 22.0. The fourth-order valence-electron chi connectivity index (χ4n) is 0.668. The smallest absolute Gasteiger partial charge is 0.238 e. The minimum absolute atomic E-state index is 0.297. The van der Waals surface area contributed by atoms with E-state index in [0.29, 0.717) is 12.5 Å². The van der Waals surface area contributed by atoms with Gasteiger partial charge in [0.2, 0.25) is 5.91 Å². The minimum Gasteiger partial charge on any atom is -0.355 e. The Hall–Kier alpha value is -0.100. The van der Waals surface area contributed by atoms with Crippen LogP contribution < -0.4 is 5.32 Å². The summed E-state index contributed by atoms with van der Waals surface area (Å²) in [6.45, 7) is 3.84. The molecule has 0 saturated carbocycles. The molecular weight excluding hydrogens is 270 g/mol. The summed E-state index contributed by atoms with van der Waals surface area (Å²) in [5.41, 5.74) is 0. The number of carbonyl (C=O) groups is 1. The maximum Gasteiger partial charge on any atom is 0.238 e. The Morgan fingerprint density at radius 2 is 1.93 bits per heavy atom. The lowest BCUT2D eigenvalue weighted by Crippen LogP contribution is -2.39. The van der Waals surface area contributed by atoms with Crippen molar-refractivity contribution < 1.29 is 13.2 Å². The van der Waals surface area contributed by atoms with Crippen molar-refractivity contribution >= 4 is 31.7 Å². The molecule has 0 aliphatic carbocycles. The van der Waals surface area contributed by atoms with E-state index in [-0.39, 0.29) is 0 Å². The van der Waals surface area contributed by atoms with Crippen molar-refractivity contribution in [2.45, 2.75) is 19.1 Å². The van der Waals surface area contributed by atoms with Crippen molar-refractivity contribution in [1.29, 1.82) is 0 Å². The second-order valence-electron chi connectivity index (χ2n) is 3.48. The number of rotatable bonds is 5. The Balaban J connectivity index is 4.11. The average Bonchev–Trinajstić information content (AvgIpc) is 2.10. The van der Waals surface area contributed by atoms with Crippen LogP contribution in [-0.4, -0.2) is 37.7 Å². The van der Waals surface area contributed by atoms with Gasteiger partial charge in [-0.3, -0.25) is 4.79 Å². The predicted octanol–water partition coefficient (Wildman–Crippen LogP) is 0.567. The molecule has 0 fully saturated rings. The van der Waals surface area contributed by atoms with E-state index in [2.05, 4.69) is 21.2 Å². The van der Waals surface area contributed by atoms with Crippen LogP contribution in [-0.2, 0) is 14.6 Å². The molecule has 6 heteroatoms. The third kappa shape index (κ3) is 4.95. The van der Waals surface area contributed by atoms with E-state index < -0.39 is 21.0 Å². The van der Waals surface area contributed by atoms with Gasteiger partial charge < -0.3 is 5.32 Å². The van der Waals surface area contributed by atoms with E-state index in [9.17, 15) is 13.2 Å². The Kier molecular flexibility index (Phi) is 5.66. The van der Waals surface area contributed by atoms with Gasteiger partial charge >= 0.3 is 0 Å². The van der Waals surface area contributed by atoms with Crippen molar-refractivity contribution in [3.05, 3.63) is 0 Å². The molecule has 84 valence electrons. The van der Waals surface area contributed by atoms with Gasteiger partial charge in [-0.25, -0.2) is 8.42 Å². The van der Waals surface area contributed by atoms with Crippen LogP contribution in [0, 0.1) is 5.92 Å². The lowest BCUT2D eigenvalue weighted by molar-refractivity contribution is -0.120. The molecule has 4 nitrogen and oxygen atoms in total.